The van der Waals surface area contributed by atoms with Crippen molar-refractivity contribution in [1.82, 2.24) is 15.3 Å². The van der Waals surface area contributed by atoms with E-state index in [-0.39, 0.29) is 12.1 Å². The van der Waals surface area contributed by atoms with Crippen molar-refractivity contribution in [2.45, 2.75) is 89.0 Å². The summed E-state index contributed by atoms with van der Waals surface area (Å²) in [5.41, 5.74) is 6.93. The predicted octanol–water partition coefficient (Wildman–Crippen LogP) is 6.11. The van der Waals surface area contributed by atoms with Crippen LogP contribution < -0.4 is 10.2 Å². The van der Waals surface area contributed by atoms with Crippen molar-refractivity contribution in [2.75, 3.05) is 24.7 Å². The maximum absolute atomic E-state index is 12.8. The zero-order valence-electron chi connectivity index (χ0n) is 19.5. The highest BCUT2D eigenvalue weighted by Gasteiger charge is 2.45. The topological polar surface area (TPSA) is 41.1 Å². The van der Waals surface area contributed by atoms with Crippen LogP contribution in [0.15, 0.2) is 24.5 Å². The van der Waals surface area contributed by atoms with E-state index < -0.39 is 0 Å². The summed E-state index contributed by atoms with van der Waals surface area (Å²) in [5.74, 6) is 1.64. The second kappa shape index (κ2) is 9.46. The summed E-state index contributed by atoms with van der Waals surface area (Å²) in [6.45, 7) is 4.16. The number of hydrogen-bond acceptors (Lipinski definition) is 4. The second-order valence-corrected chi connectivity index (χ2v) is 10.2. The van der Waals surface area contributed by atoms with Crippen LogP contribution in [0.4, 0.5) is 15.9 Å². The van der Waals surface area contributed by atoms with Crippen molar-refractivity contribution >= 4 is 11.5 Å². The van der Waals surface area contributed by atoms with Crippen molar-refractivity contribution in [1.29, 1.82) is 0 Å². The lowest BCUT2D eigenvalue weighted by atomic mass is 9.73. The minimum Gasteiger partial charge on any atom is -0.325 e. The third kappa shape index (κ3) is 3.93. The first-order valence-electron chi connectivity index (χ1n) is 12.7. The van der Waals surface area contributed by atoms with Crippen molar-refractivity contribution in [3.8, 4) is 0 Å². The standard InChI is InChI=1S/C27H37FN4/c1-20-11-12-22-24(20)26(31-19-30-22)32-18-27(13-6-4-2-3-5-7-14-27)25-21(17-29-16-15-28)9-8-10-23(25)32/h8-10,19-20,29H,2-7,11-18H2,1H3/t20-/m1/s1. The highest BCUT2D eigenvalue weighted by atomic mass is 19.1. The molecular weight excluding hydrogens is 399 g/mol. The van der Waals surface area contributed by atoms with Crippen LogP contribution in [0.3, 0.4) is 0 Å². The van der Waals surface area contributed by atoms with Crippen LogP contribution in [0.25, 0.3) is 0 Å². The van der Waals surface area contributed by atoms with Crippen LogP contribution in [-0.2, 0) is 18.4 Å². The fourth-order valence-corrected chi connectivity index (χ4v) is 6.52. The van der Waals surface area contributed by atoms with E-state index in [1.807, 2.05) is 0 Å². The molecule has 2 heterocycles. The van der Waals surface area contributed by atoms with Gasteiger partial charge in [-0.25, -0.2) is 14.4 Å². The van der Waals surface area contributed by atoms with Gasteiger partial charge in [-0.3, -0.25) is 0 Å². The molecule has 2 aliphatic carbocycles. The van der Waals surface area contributed by atoms with Gasteiger partial charge in [-0.15, -0.1) is 0 Å². The van der Waals surface area contributed by atoms with Gasteiger partial charge in [0.2, 0.25) is 0 Å². The van der Waals surface area contributed by atoms with E-state index in [0.29, 0.717) is 12.5 Å². The van der Waals surface area contributed by atoms with Crippen LogP contribution in [0.1, 0.15) is 93.0 Å². The molecule has 1 aromatic carbocycles. The van der Waals surface area contributed by atoms with E-state index in [1.54, 1.807) is 6.33 Å². The molecule has 0 amide bonds. The molecule has 5 rings (SSSR count). The zero-order chi connectivity index (χ0) is 22.0. The average molecular weight is 437 g/mol. The lowest BCUT2D eigenvalue weighted by Gasteiger charge is -2.32. The first-order chi connectivity index (χ1) is 15.7. The molecular formula is C27H37FN4. The Bertz CT molecular complexity index is 933. The second-order valence-electron chi connectivity index (χ2n) is 10.2. The Labute approximate surface area is 192 Å². The minimum atomic E-state index is -0.322. The van der Waals surface area contributed by atoms with Crippen LogP contribution in [0.5, 0.6) is 0 Å². The molecule has 0 unspecified atom stereocenters. The number of hydrogen-bond donors (Lipinski definition) is 1. The van der Waals surface area contributed by atoms with E-state index in [2.05, 4.69) is 40.3 Å². The molecule has 5 heteroatoms. The smallest absolute Gasteiger partial charge is 0.140 e. The van der Waals surface area contributed by atoms with Gasteiger partial charge in [0.1, 0.15) is 18.8 Å². The summed E-state index contributed by atoms with van der Waals surface area (Å²) in [6, 6.07) is 6.73. The minimum absolute atomic E-state index is 0.160. The van der Waals surface area contributed by atoms with E-state index in [9.17, 15) is 4.39 Å². The molecule has 0 radical (unpaired) electrons. The van der Waals surface area contributed by atoms with Gasteiger partial charge in [-0.2, -0.15) is 0 Å². The monoisotopic (exact) mass is 436 g/mol. The van der Waals surface area contributed by atoms with Gasteiger partial charge >= 0.3 is 0 Å². The third-order valence-corrected chi connectivity index (χ3v) is 8.07. The molecule has 1 N–H and O–H groups in total. The molecule has 3 aliphatic rings. The SMILES string of the molecule is C[C@@H]1CCc2ncnc(N3CC4(CCCCCCCC4)c4c(CNCCF)cccc43)c21. The number of aromatic nitrogens is 2. The fraction of sp³-hybridized carbons (Fsp3) is 0.630. The summed E-state index contributed by atoms with van der Waals surface area (Å²) >= 11 is 0. The van der Waals surface area contributed by atoms with Crippen LogP contribution in [-0.4, -0.2) is 29.7 Å². The number of fused-ring (bicyclic) bond motifs is 3. The molecule has 1 spiro atoms. The van der Waals surface area contributed by atoms with Gasteiger partial charge in [-0.05, 0) is 48.8 Å². The van der Waals surface area contributed by atoms with Crippen LogP contribution in [0, 0.1) is 0 Å². The Morgan fingerprint density at radius 1 is 1.09 bits per heavy atom. The lowest BCUT2D eigenvalue weighted by Crippen LogP contribution is -2.33. The first kappa shape index (κ1) is 21.8. The number of nitrogens with zero attached hydrogens (tertiary/aromatic N) is 3. The van der Waals surface area contributed by atoms with Gasteiger partial charge in [0.05, 0.1) is 0 Å². The Morgan fingerprint density at radius 2 is 1.88 bits per heavy atom. The summed E-state index contributed by atoms with van der Waals surface area (Å²) in [4.78, 5) is 12.0. The van der Waals surface area contributed by atoms with Gasteiger partial charge in [0, 0.05) is 42.0 Å². The fourth-order valence-electron chi connectivity index (χ4n) is 6.52. The highest BCUT2D eigenvalue weighted by molar-refractivity contribution is 5.75. The van der Waals surface area contributed by atoms with Crippen molar-refractivity contribution in [3.63, 3.8) is 0 Å². The Balaban J connectivity index is 1.61. The number of nitrogens with one attached hydrogen (secondary N) is 1. The Kier molecular flexibility index (Phi) is 6.45. The lowest BCUT2D eigenvalue weighted by molar-refractivity contribution is 0.369. The summed E-state index contributed by atoms with van der Waals surface area (Å²) in [6.07, 6.45) is 14.4. The molecule has 1 atom stereocenters. The summed E-state index contributed by atoms with van der Waals surface area (Å²) in [7, 11) is 0. The van der Waals surface area contributed by atoms with Crippen LogP contribution in [0.2, 0.25) is 0 Å². The molecule has 1 fully saturated rings. The van der Waals surface area contributed by atoms with Crippen molar-refractivity contribution < 1.29 is 4.39 Å². The molecule has 4 nitrogen and oxygen atoms in total. The summed E-state index contributed by atoms with van der Waals surface area (Å²) in [5, 5.41) is 3.33. The van der Waals surface area contributed by atoms with E-state index in [0.717, 1.165) is 25.3 Å². The predicted molar refractivity (Wildman–Crippen MR) is 129 cm³/mol. The summed E-state index contributed by atoms with van der Waals surface area (Å²) < 4.78 is 12.8. The number of aryl methyl sites for hydroxylation is 1. The third-order valence-electron chi connectivity index (χ3n) is 8.07. The number of rotatable bonds is 5. The number of anilines is 2. The molecule has 172 valence electrons. The van der Waals surface area contributed by atoms with Gasteiger partial charge in [0.15, 0.2) is 0 Å². The molecule has 32 heavy (non-hydrogen) atoms. The normalized spacial score (nSPS) is 22.3. The maximum Gasteiger partial charge on any atom is 0.140 e. The molecule has 1 aliphatic heterocycles. The first-order valence-corrected chi connectivity index (χ1v) is 12.7. The average Bonchev–Trinajstić information content (AvgIpc) is 3.38. The molecule has 0 saturated heterocycles. The molecule has 1 saturated carbocycles. The Hall–Kier alpha value is -2.01. The highest BCUT2D eigenvalue weighted by Crippen LogP contribution is 2.53. The van der Waals surface area contributed by atoms with E-state index in [4.69, 9.17) is 4.98 Å². The van der Waals surface area contributed by atoms with Crippen molar-refractivity contribution in [2.24, 2.45) is 0 Å². The molecule has 0 bridgehead atoms. The van der Waals surface area contributed by atoms with Gasteiger partial charge in [-0.1, -0.05) is 57.6 Å². The maximum atomic E-state index is 12.8. The largest absolute Gasteiger partial charge is 0.325 e. The number of halogens is 1. The van der Waals surface area contributed by atoms with Crippen LogP contribution >= 0.6 is 0 Å². The number of alkyl halides is 1. The molecule has 1 aromatic heterocycles. The van der Waals surface area contributed by atoms with E-state index >= 15 is 0 Å². The number of benzene rings is 1. The van der Waals surface area contributed by atoms with E-state index in [1.165, 1.54) is 85.9 Å². The zero-order valence-corrected chi connectivity index (χ0v) is 19.5. The van der Waals surface area contributed by atoms with Gasteiger partial charge in [0.25, 0.3) is 0 Å². The molecule has 2 aromatic rings. The van der Waals surface area contributed by atoms with Crippen molar-refractivity contribution in [3.05, 3.63) is 46.9 Å². The Morgan fingerprint density at radius 3 is 2.66 bits per heavy atom. The van der Waals surface area contributed by atoms with Gasteiger partial charge < -0.3 is 10.2 Å². The quantitative estimate of drug-likeness (QED) is 0.574.